The Morgan fingerprint density at radius 2 is 1.97 bits per heavy atom. The fraction of sp³-hybridized carbons (Fsp3) is 0.304. The lowest BCUT2D eigenvalue weighted by molar-refractivity contribution is 0.0393. The third-order valence-corrected chi connectivity index (χ3v) is 5.53. The van der Waals surface area contributed by atoms with Crippen molar-refractivity contribution in [2.24, 2.45) is 5.92 Å². The minimum Gasteiger partial charge on any atom is -0.495 e. The lowest BCUT2D eigenvalue weighted by Crippen LogP contribution is -2.52. The van der Waals surface area contributed by atoms with Gasteiger partial charge in [0.05, 0.1) is 36.4 Å². The molecule has 3 aromatic rings. The molecule has 6 nitrogen and oxygen atoms in total. The third-order valence-electron chi connectivity index (χ3n) is 5.22. The number of carbonyl (C=O) groups excluding carboxylic acids is 1. The predicted octanol–water partition coefficient (Wildman–Crippen LogP) is 4.30. The van der Waals surface area contributed by atoms with Crippen LogP contribution in [0.1, 0.15) is 21.6 Å². The molecule has 0 radical (unpaired) electrons. The first-order chi connectivity index (χ1) is 14.4. The number of benzene rings is 2. The van der Waals surface area contributed by atoms with Gasteiger partial charge >= 0.3 is 0 Å². The topological polar surface area (TPSA) is 56.6 Å². The van der Waals surface area contributed by atoms with Gasteiger partial charge in [-0.25, -0.2) is 4.98 Å². The molecule has 1 fully saturated rings. The van der Waals surface area contributed by atoms with Gasteiger partial charge in [-0.3, -0.25) is 4.79 Å². The number of hydrogen-bond acceptors (Lipinski definition) is 4. The number of amides is 1. The lowest BCUT2D eigenvalue weighted by atomic mass is 9.99. The normalized spacial score (nSPS) is 13.8. The number of carbonyl (C=O) groups is 1. The van der Waals surface area contributed by atoms with E-state index in [1.165, 1.54) is 0 Å². The van der Waals surface area contributed by atoms with Crippen LogP contribution in [0.4, 0.5) is 0 Å². The van der Waals surface area contributed by atoms with Crippen LogP contribution in [0.15, 0.2) is 48.9 Å². The Morgan fingerprint density at radius 1 is 1.17 bits per heavy atom. The third kappa shape index (κ3) is 4.14. The first kappa shape index (κ1) is 20.3. The number of nitrogens with zero attached hydrogens (tertiary/aromatic N) is 3. The predicted molar refractivity (Wildman–Crippen MR) is 116 cm³/mol. The highest BCUT2D eigenvalue weighted by Crippen LogP contribution is 2.29. The van der Waals surface area contributed by atoms with Crippen LogP contribution >= 0.6 is 11.6 Å². The maximum absolute atomic E-state index is 12.9. The number of methoxy groups -OCH3 is 1. The molecule has 2 heterocycles. The summed E-state index contributed by atoms with van der Waals surface area (Å²) in [7, 11) is 1.60. The summed E-state index contributed by atoms with van der Waals surface area (Å²) >= 11 is 6.18. The van der Waals surface area contributed by atoms with E-state index in [4.69, 9.17) is 21.1 Å². The van der Waals surface area contributed by atoms with Crippen molar-refractivity contribution in [3.8, 4) is 17.2 Å². The fourth-order valence-electron chi connectivity index (χ4n) is 3.53. The zero-order chi connectivity index (χ0) is 21.3. The molecule has 30 heavy (non-hydrogen) atoms. The van der Waals surface area contributed by atoms with Crippen molar-refractivity contribution in [3.63, 3.8) is 0 Å². The Hall–Kier alpha value is -2.99. The SMILES string of the molecule is COc1cc(C(=O)N2CC(COc3cc(C)ccc3Cl)C2)ccc1-n1cnc(C)c1. The van der Waals surface area contributed by atoms with E-state index in [9.17, 15) is 4.79 Å². The van der Waals surface area contributed by atoms with E-state index in [1.54, 1.807) is 19.5 Å². The Bertz CT molecular complexity index is 1070. The quantitative estimate of drug-likeness (QED) is 0.590. The van der Waals surface area contributed by atoms with Crippen LogP contribution in [-0.4, -0.2) is 47.2 Å². The zero-order valence-corrected chi connectivity index (χ0v) is 18.0. The summed E-state index contributed by atoms with van der Waals surface area (Å²) in [5.41, 5.74) is 3.47. The van der Waals surface area contributed by atoms with Crippen LogP contribution < -0.4 is 9.47 Å². The van der Waals surface area contributed by atoms with E-state index in [0.717, 1.165) is 16.9 Å². The van der Waals surface area contributed by atoms with E-state index in [-0.39, 0.29) is 5.91 Å². The average Bonchev–Trinajstić information content (AvgIpc) is 3.14. The first-order valence-corrected chi connectivity index (χ1v) is 10.2. The molecule has 1 aliphatic rings. The molecule has 0 spiro atoms. The Balaban J connectivity index is 1.37. The summed E-state index contributed by atoms with van der Waals surface area (Å²) in [6.45, 7) is 5.79. The van der Waals surface area contributed by atoms with Crippen LogP contribution in [0.5, 0.6) is 11.5 Å². The number of hydrogen-bond donors (Lipinski definition) is 0. The van der Waals surface area contributed by atoms with Gasteiger partial charge in [0.15, 0.2) is 0 Å². The molecule has 1 amide bonds. The van der Waals surface area contributed by atoms with Gasteiger partial charge < -0.3 is 18.9 Å². The number of rotatable bonds is 6. The fourth-order valence-corrected chi connectivity index (χ4v) is 3.70. The summed E-state index contributed by atoms with van der Waals surface area (Å²) < 4.78 is 13.3. The number of aryl methyl sites for hydroxylation is 2. The second kappa shape index (κ2) is 8.40. The average molecular weight is 426 g/mol. The van der Waals surface area contributed by atoms with E-state index >= 15 is 0 Å². The van der Waals surface area contributed by atoms with Crippen LogP contribution in [0.25, 0.3) is 5.69 Å². The van der Waals surface area contributed by atoms with Gasteiger partial charge in [-0.1, -0.05) is 17.7 Å². The van der Waals surface area contributed by atoms with Crippen LogP contribution in [0.2, 0.25) is 5.02 Å². The van der Waals surface area contributed by atoms with Crippen LogP contribution in [0, 0.1) is 19.8 Å². The van der Waals surface area contributed by atoms with Gasteiger partial charge in [-0.2, -0.15) is 0 Å². The van der Waals surface area contributed by atoms with E-state index in [1.807, 2.05) is 59.8 Å². The van der Waals surface area contributed by atoms with Crippen molar-refractivity contribution in [2.45, 2.75) is 13.8 Å². The Kier molecular flexibility index (Phi) is 5.68. The highest BCUT2D eigenvalue weighted by molar-refractivity contribution is 6.32. The highest BCUT2D eigenvalue weighted by Gasteiger charge is 2.32. The largest absolute Gasteiger partial charge is 0.495 e. The van der Waals surface area contributed by atoms with Crippen molar-refractivity contribution < 1.29 is 14.3 Å². The number of aromatic nitrogens is 2. The molecule has 0 atom stereocenters. The maximum Gasteiger partial charge on any atom is 0.254 e. The zero-order valence-electron chi connectivity index (χ0n) is 17.3. The van der Waals surface area contributed by atoms with Gasteiger partial charge in [0.25, 0.3) is 5.91 Å². The van der Waals surface area contributed by atoms with Gasteiger partial charge in [0.2, 0.25) is 0 Å². The van der Waals surface area contributed by atoms with Gasteiger partial charge in [-0.05, 0) is 49.7 Å². The number of imidazole rings is 1. The lowest BCUT2D eigenvalue weighted by Gasteiger charge is -2.39. The molecule has 4 rings (SSSR count). The smallest absolute Gasteiger partial charge is 0.254 e. The van der Waals surface area contributed by atoms with Gasteiger partial charge in [0, 0.05) is 30.8 Å². The number of halogens is 1. The molecule has 0 bridgehead atoms. The van der Waals surface area contributed by atoms with Crippen LogP contribution in [-0.2, 0) is 0 Å². The van der Waals surface area contributed by atoms with Gasteiger partial charge in [0.1, 0.15) is 11.5 Å². The maximum atomic E-state index is 12.9. The molecular weight excluding hydrogens is 402 g/mol. The second-order valence-corrected chi connectivity index (χ2v) is 8.04. The number of ether oxygens (including phenoxy) is 2. The van der Waals surface area contributed by atoms with Gasteiger partial charge in [-0.15, -0.1) is 0 Å². The minimum absolute atomic E-state index is 0.00787. The van der Waals surface area contributed by atoms with Crippen molar-refractivity contribution in [2.75, 3.05) is 26.8 Å². The standard InChI is InChI=1S/C23H24ClN3O3/c1-15-4-6-19(24)21(8-15)30-13-17-11-26(12-17)23(28)18-5-7-20(22(9-18)29-3)27-10-16(2)25-14-27/h4-10,14,17H,11-13H2,1-3H3. The van der Waals surface area contributed by atoms with E-state index in [0.29, 0.717) is 47.7 Å². The molecule has 7 heteroatoms. The molecule has 1 aliphatic heterocycles. The van der Waals surface area contributed by atoms with Crippen molar-refractivity contribution >= 4 is 17.5 Å². The molecule has 156 valence electrons. The van der Waals surface area contributed by atoms with E-state index < -0.39 is 0 Å². The molecular formula is C23H24ClN3O3. The van der Waals surface area contributed by atoms with Crippen molar-refractivity contribution in [3.05, 3.63) is 70.8 Å². The Labute approximate surface area is 181 Å². The summed E-state index contributed by atoms with van der Waals surface area (Å²) in [5, 5.41) is 0.605. The first-order valence-electron chi connectivity index (χ1n) is 9.82. The monoisotopic (exact) mass is 425 g/mol. The molecule has 0 aliphatic carbocycles. The molecule has 0 unspecified atom stereocenters. The molecule has 2 aromatic carbocycles. The molecule has 1 saturated heterocycles. The van der Waals surface area contributed by atoms with E-state index in [2.05, 4.69) is 4.98 Å². The summed E-state index contributed by atoms with van der Waals surface area (Å²) in [4.78, 5) is 18.9. The Morgan fingerprint density at radius 3 is 2.67 bits per heavy atom. The molecule has 0 saturated carbocycles. The second-order valence-electron chi connectivity index (χ2n) is 7.63. The van der Waals surface area contributed by atoms with Crippen molar-refractivity contribution in [1.82, 2.24) is 14.5 Å². The van der Waals surface area contributed by atoms with Crippen molar-refractivity contribution in [1.29, 1.82) is 0 Å². The highest BCUT2D eigenvalue weighted by atomic mass is 35.5. The molecule has 0 N–H and O–H groups in total. The summed E-state index contributed by atoms with van der Waals surface area (Å²) in [5.74, 6) is 1.61. The summed E-state index contributed by atoms with van der Waals surface area (Å²) in [6, 6.07) is 11.2. The molecule has 1 aromatic heterocycles. The number of likely N-dealkylation sites (tertiary alicyclic amines) is 1. The van der Waals surface area contributed by atoms with Crippen LogP contribution in [0.3, 0.4) is 0 Å². The minimum atomic E-state index is -0.00787. The summed E-state index contributed by atoms with van der Waals surface area (Å²) in [6.07, 6.45) is 3.65.